The summed E-state index contributed by atoms with van der Waals surface area (Å²) in [4.78, 5) is 8.92. The summed E-state index contributed by atoms with van der Waals surface area (Å²) in [6.45, 7) is 6.72. The molecular formula is C20H24N8. The predicted molar refractivity (Wildman–Crippen MR) is 108 cm³/mol. The Morgan fingerprint density at radius 2 is 1.93 bits per heavy atom. The molecule has 0 saturated carbocycles. The van der Waals surface area contributed by atoms with Crippen molar-refractivity contribution in [2.45, 2.75) is 27.2 Å². The molecule has 4 aromatic heterocycles. The van der Waals surface area contributed by atoms with E-state index < -0.39 is 0 Å². The molecule has 4 heterocycles. The first-order valence-corrected chi connectivity index (χ1v) is 9.43. The number of hydrogen-bond acceptors (Lipinski definition) is 6. The Balaban J connectivity index is 1.61. The van der Waals surface area contributed by atoms with Crippen LogP contribution in [0.15, 0.2) is 42.9 Å². The first kappa shape index (κ1) is 18.1. The van der Waals surface area contributed by atoms with E-state index in [1.807, 2.05) is 37.5 Å². The molecule has 0 aliphatic rings. The third-order valence-electron chi connectivity index (χ3n) is 5.14. The lowest BCUT2D eigenvalue weighted by Crippen LogP contribution is -2.10. The SMILES string of the molecule is CC(C)C(C)Cc1nnc2cc(-c3ccnc(Nc4ccnn4C)n3)ccn12. The van der Waals surface area contributed by atoms with Gasteiger partial charge in [-0.3, -0.25) is 9.08 Å². The first-order chi connectivity index (χ1) is 13.5. The van der Waals surface area contributed by atoms with Gasteiger partial charge in [-0.05, 0) is 30.0 Å². The van der Waals surface area contributed by atoms with Crippen LogP contribution in [0.1, 0.15) is 26.6 Å². The number of nitrogens with zero attached hydrogens (tertiary/aromatic N) is 7. The summed E-state index contributed by atoms with van der Waals surface area (Å²) in [6.07, 6.45) is 6.39. The van der Waals surface area contributed by atoms with Crippen molar-refractivity contribution in [3.05, 3.63) is 48.7 Å². The molecule has 4 aromatic rings. The van der Waals surface area contributed by atoms with Crippen LogP contribution in [0.4, 0.5) is 11.8 Å². The Labute approximate surface area is 163 Å². The molecule has 4 rings (SSSR count). The van der Waals surface area contributed by atoms with Gasteiger partial charge in [-0.1, -0.05) is 20.8 Å². The molecule has 1 N–H and O–H groups in total. The lowest BCUT2D eigenvalue weighted by atomic mass is 9.94. The minimum Gasteiger partial charge on any atom is -0.309 e. The minimum absolute atomic E-state index is 0.522. The topological polar surface area (TPSA) is 85.8 Å². The number of aromatic nitrogens is 7. The van der Waals surface area contributed by atoms with Crippen molar-refractivity contribution in [1.82, 2.24) is 34.3 Å². The Hall–Kier alpha value is -3.29. The highest BCUT2D eigenvalue weighted by Gasteiger charge is 2.14. The molecule has 144 valence electrons. The van der Waals surface area contributed by atoms with Crippen LogP contribution in [0.2, 0.25) is 0 Å². The second kappa shape index (κ2) is 7.38. The van der Waals surface area contributed by atoms with Crippen LogP contribution in [0, 0.1) is 11.8 Å². The Morgan fingerprint density at radius 3 is 2.68 bits per heavy atom. The second-order valence-electron chi connectivity index (χ2n) is 7.42. The lowest BCUT2D eigenvalue weighted by molar-refractivity contribution is 0.408. The molecule has 0 radical (unpaired) electrons. The van der Waals surface area contributed by atoms with Gasteiger partial charge in [0.15, 0.2) is 5.65 Å². The van der Waals surface area contributed by atoms with E-state index in [9.17, 15) is 0 Å². The summed E-state index contributed by atoms with van der Waals surface area (Å²) >= 11 is 0. The van der Waals surface area contributed by atoms with Gasteiger partial charge >= 0.3 is 0 Å². The zero-order valence-corrected chi connectivity index (χ0v) is 16.5. The van der Waals surface area contributed by atoms with Crippen molar-refractivity contribution in [3.63, 3.8) is 0 Å². The molecule has 28 heavy (non-hydrogen) atoms. The minimum atomic E-state index is 0.522. The van der Waals surface area contributed by atoms with Crippen LogP contribution in [0.25, 0.3) is 16.9 Å². The molecule has 0 spiro atoms. The number of hydrogen-bond donors (Lipinski definition) is 1. The van der Waals surface area contributed by atoms with E-state index in [0.717, 1.165) is 35.0 Å². The van der Waals surface area contributed by atoms with Gasteiger partial charge in [-0.2, -0.15) is 5.10 Å². The van der Waals surface area contributed by atoms with Crippen molar-refractivity contribution in [2.24, 2.45) is 18.9 Å². The molecule has 0 fully saturated rings. The van der Waals surface area contributed by atoms with E-state index in [2.05, 4.69) is 55.8 Å². The standard InChI is InChI=1S/C20H24N8/c1-13(2)14(3)11-18-25-26-19-12-15(7-10-28(18)19)16-5-8-21-20(23-16)24-17-6-9-22-27(17)4/h5-10,12-14H,11H2,1-4H3,(H,21,23,24). The van der Waals surface area contributed by atoms with Crippen LogP contribution in [-0.2, 0) is 13.5 Å². The highest BCUT2D eigenvalue weighted by atomic mass is 15.3. The second-order valence-corrected chi connectivity index (χ2v) is 7.42. The zero-order chi connectivity index (χ0) is 19.7. The van der Waals surface area contributed by atoms with Gasteiger partial charge in [-0.15, -0.1) is 10.2 Å². The molecular weight excluding hydrogens is 352 g/mol. The first-order valence-electron chi connectivity index (χ1n) is 9.43. The van der Waals surface area contributed by atoms with Crippen molar-refractivity contribution >= 4 is 17.4 Å². The zero-order valence-electron chi connectivity index (χ0n) is 16.5. The largest absolute Gasteiger partial charge is 0.309 e. The molecule has 8 nitrogen and oxygen atoms in total. The average molecular weight is 376 g/mol. The summed E-state index contributed by atoms with van der Waals surface area (Å²) in [5, 5.41) is 16.1. The summed E-state index contributed by atoms with van der Waals surface area (Å²) < 4.78 is 3.79. The summed E-state index contributed by atoms with van der Waals surface area (Å²) in [5.74, 6) is 3.50. The summed E-state index contributed by atoms with van der Waals surface area (Å²) in [6, 6.07) is 7.80. The quantitative estimate of drug-likeness (QED) is 0.554. The third kappa shape index (κ3) is 3.58. The fourth-order valence-electron chi connectivity index (χ4n) is 2.95. The molecule has 0 bridgehead atoms. The monoisotopic (exact) mass is 376 g/mol. The van der Waals surface area contributed by atoms with E-state index in [1.165, 1.54) is 0 Å². The van der Waals surface area contributed by atoms with Gasteiger partial charge in [0.05, 0.1) is 11.9 Å². The number of rotatable bonds is 6. The summed E-state index contributed by atoms with van der Waals surface area (Å²) in [7, 11) is 1.86. The van der Waals surface area contributed by atoms with E-state index in [4.69, 9.17) is 0 Å². The fourth-order valence-corrected chi connectivity index (χ4v) is 2.95. The van der Waals surface area contributed by atoms with Crippen molar-refractivity contribution < 1.29 is 0 Å². The maximum atomic E-state index is 4.62. The van der Waals surface area contributed by atoms with E-state index in [1.54, 1.807) is 17.1 Å². The van der Waals surface area contributed by atoms with Crippen LogP contribution >= 0.6 is 0 Å². The normalized spacial score (nSPS) is 12.6. The van der Waals surface area contributed by atoms with Crippen LogP contribution in [0.5, 0.6) is 0 Å². The van der Waals surface area contributed by atoms with E-state index in [-0.39, 0.29) is 0 Å². The summed E-state index contributed by atoms with van der Waals surface area (Å²) in [5.41, 5.74) is 2.62. The Kier molecular flexibility index (Phi) is 4.77. The van der Waals surface area contributed by atoms with E-state index >= 15 is 0 Å². The van der Waals surface area contributed by atoms with Crippen LogP contribution < -0.4 is 5.32 Å². The highest BCUT2D eigenvalue weighted by molar-refractivity contribution is 5.65. The molecule has 0 amide bonds. The van der Waals surface area contributed by atoms with Gasteiger partial charge in [0, 0.05) is 37.5 Å². The lowest BCUT2D eigenvalue weighted by Gasteiger charge is -2.13. The Morgan fingerprint density at radius 1 is 1.07 bits per heavy atom. The van der Waals surface area contributed by atoms with Gasteiger partial charge in [0.1, 0.15) is 11.6 Å². The Bertz CT molecular complexity index is 1090. The fraction of sp³-hybridized carbons (Fsp3) is 0.350. The highest BCUT2D eigenvalue weighted by Crippen LogP contribution is 2.22. The average Bonchev–Trinajstić information content (AvgIpc) is 3.28. The number of anilines is 2. The molecule has 0 aliphatic heterocycles. The predicted octanol–water partition coefficient (Wildman–Crippen LogP) is 3.50. The maximum Gasteiger partial charge on any atom is 0.228 e. The van der Waals surface area contributed by atoms with Gasteiger partial charge in [0.25, 0.3) is 0 Å². The number of pyridine rings is 1. The molecule has 0 aromatic carbocycles. The van der Waals surface area contributed by atoms with Crippen molar-refractivity contribution in [1.29, 1.82) is 0 Å². The van der Waals surface area contributed by atoms with Gasteiger partial charge < -0.3 is 5.32 Å². The van der Waals surface area contributed by atoms with Crippen molar-refractivity contribution in [3.8, 4) is 11.3 Å². The smallest absolute Gasteiger partial charge is 0.228 e. The molecule has 0 aliphatic carbocycles. The molecule has 0 saturated heterocycles. The van der Waals surface area contributed by atoms with Crippen LogP contribution in [0.3, 0.4) is 0 Å². The maximum absolute atomic E-state index is 4.62. The molecule has 1 atom stereocenters. The molecule has 1 unspecified atom stereocenters. The van der Waals surface area contributed by atoms with Crippen LogP contribution in [-0.4, -0.2) is 34.3 Å². The van der Waals surface area contributed by atoms with Gasteiger partial charge in [0.2, 0.25) is 5.95 Å². The number of fused-ring (bicyclic) bond motifs is 1. The van der Waals surface area contributed by atoms with Crippen molar-refractivity contribution in [2.75, 3.05) is 5.32 Å². The number of aryl methyl sites for hydroxylation is 1. The van der Waals surface area contributed by atoms with E-state index in [0.29, 0.717) is 17.8 Å². The van der Waals surface area contributed by atoms with Gasteiger partial charge in [-0.25, -0.2) is 9.97 Å². The molecule has 8 heteroatoms. The number of nitrogens with one attached hydrogen (secondary N) is 1. The third-order valence-corrected chi connectivity index (χ3v) is 5.14.